The van der Waals surface area contributed by atoms with Crippen molar-refractivity contribution in [2.75, 3.05) is 0 Å². The van der Waals surface area contributed by atoms with Crippen LogP contribution in [0, 0.1) is 0 Å². The van der Waals surface area contributed by atoms with Gasteiger partial charge in [0, 0.05) is 0 Å². The van der Waals surface area contributed by atoms with Crippen molar-refractivity contribution in [3.63, 3.8) is 0 Å². The van der Waals surface area contributed by atoms with Crippen LogP contribution in [0.1, 0.15) is 59.3 Å². The van der Waals surface area contributed by atoms with E-state index in [0.29, 0.717) is 0 Å². The Balaban J connectivity index is -0.000000126. The zero-order valence-electron chi connectivity index (χ0n) is 9.66. The summed E-state index contributed by atoms with van der Waals surface area (Å²) in [5, 5.41) is 1.34. The van der Waals surface area contributed by atoms with E-state index in [9.17, 15) is 0 Å². The summed E-state index contributed by atoms with van der Waals surface area (Å²) >= 11 is 2.21. The van der Waals surface area contributed by atoms with Gasteiger partial charge in [0.15, 0.2) is 0 Å². The maximum absolute atomic E-state index is 2.23. The minimum atomic E-state index is 0. The number of hydrogen-bond acceptors (Lipinski definition) is 1. The molecule has 0 atom stereocenters. The van der Waals surface area contributed by atoms with Crippen LogP contribution in [0.15, 0.2) is 0 Å². The van der Waals surface area contributed by atoms with Gasteiger partial charge in [0.05, 0.1) is 0 Å². The Morgan fingerprint density at radius 1 is 0.750 bits per heavy atom. The molecule has 72 valence electrons. The first-order valence-corrected chi connectivity index (χ1v) is 5.33. The topological polar surface area (TPSA) is 35.0 Å². The molecule has 0 rings (SSSR count). The van der Waals surface area contributed by atoms with Crippen LogP contribution < -0.4 is 6.15 Å². The summed E-state index contributed by atoms with van der Waals surface area (Å²) in [6.07, 6.45) is 8.27. The molecule has 0 unspecified atom stereocenters. The average Bonchev–Trinajstić information content (AvgIpc) is 2.04. The van der Waals surface area contributed by atoms with E-state index in [1.165, 1.54) is 43.6 Å². The average molecular weight is 167 g/mol. The molecular formula is C10H26LiN. The van der Waals surface area contributed by atoms with Crippen molar-refractivity contribution in [2.24, 2.45) is 0 Å². The van der Waals surface area contributed by atoms with Gasteiger partial charge in [-0.15, -0.1) is 0 Å². The fraction of sp³-hybridized carbons (Fsp3) is 1.00. The zero-order chi connectivity index (χ0) is 8.95. The van der Waals surface area contributed by atoms with Crippen molar-refractivity contribution in [1.82, 2.24) is 6.15 Å². The summed E-state index contributed by atoms with van der Waals surface area (Å²) in [5.41, 5.74) is 0. The Morgan fingerprint density at radius 2 is 1.08 bits per heavy atom. The van der Waals surface area contributed by atoms with Gasteiger partial charge in [-0.2, -0.15) is 0 Å². The molecule has 0 aromatic heterocycles. The second-order valence-electron chi connectivity index (χ2n) is 3.06. The van der Waals surface area contributed by atoms with Crippen LogP contribution in [0.3, 0.4) is 0 Å². The summed E-state index contributed by atoms with van der Waals surface area (Å²) in [6, 6.07) is 0. The fourth-order valence-corrected chi connectivity index (χ4v) is 0.854. The summed E-state index contributed by atoms with van der Waals surface area (Å²) in [5.74, 6) is 0. The Labute approximate surface area is 88.5 Å². The van der Waals surface area contributed by atoms with E-state index in [1.54, 1.807) is 0 Å². The first kappa shape index (κ1) is 18.4. The third kappa shape index (κ3) is 31.2. The van der Waals surface area contributed by atoms with Gasteiger partial charge in [0.1, 0.15) is 0 Å². The van der Waals surface area contributed by atoms with Crippen LogP contribution in [0.4, 0.5) is 0 Å². The molecule has 0 saturated carbocycles. The molecule has 0 bridgehead atoms. The molecule has 0 aliphatic rings. The molecule has 0 radical (unpaired) electrons. The van der Waals surface area contributed by atoms with Gasteiger partial charge >= 0.3 is 42.6 Å². The molecule has 0 aliphatic carbocycles. The molecule has 0 saturated heterocycles. The van der Waals surface area contributed by atoms with Crippen molar-refractivity contribution >= 4 is 17.7 Å². The van der Waals surface area contributed by atoms with Gasteiger partial charge in [-0.3, -0.25) is 0 Å². The molecule has 0 aromatic carbocycles. The number of unbranched alkanes of at least 4 members (excludes halogenated alkanes) is 4. The molecule has 0 aliphatic heterocycles. The van der Waals surface area contributed by atoms with Crippen molar-refractivity contribution < 1.29 is 0 Å². The van der Waals surface area contributed by atoms with E-state index in [-0.39, 0.29) is 6.15 Å². The Bertz CT molecular complexity index is 43.1. The van der Waals surface area contributed by atoms with E-state index in [4.69, 9.17) is 0 Å². The van der Waals surface area contributed by atoms with Crippen molar-refractivity contribution in [1.29, 1.82) is 0 Å². The Hall–Kier alpha value is 0.557. The van der Waals surface area contributed by atoms with Gasteiger partial charge < -0.3 is 6.15 Å². The third-order valence-corrected chi connectivity index (χ3v) is 1.66. The van der Waals surface area contributed by atoms with E-state index < -0.39 is 0 Å². The predicted octanol–water partition coefficient (Wildman–Crippen LogP) is 4.12. The molecule has 2 heteroatoms. The second kappa shape index (κ2) is 22.6. The van der Waals surface area contributed by atoms with Gasteiger partial charge in [0.2, 0.25) is 0 Å². The SMILES string of the molecule is CCCCCC.N.[Li][CH2]CCC. The quantitative estimate of drug-likeness (QED) is 0.485. The molecule has 1 nitrogen and oxygen atoms in total. The van der Waals surface area contributed by atoms with Gasteiger partial charge in [-0.1, -0.05) is 39.5 Å². The summed E-state index contributed by atoms with van der Waals surface area (Å²) in [7, 11) is 0. The predicted molar refractivity (Wildman–Crippen MR) is 60.3 cm³/mol. The van der Waals surface area contributed by atoms with E-state index in [1.807, 2.05) is 0 Å². The monoisotopic (exact) mass is 167 g/mol. The van der Waals surface area contributed by atoms with Gasteiger partial charge in [-0.25, -0.2) is 0 Å². The van der Waals surface area contributed by atoms with Crippen LogP contribution >= 0.6 is 0 Å². The van der Waals surface area contributed by atoms with Gasteiger partial charge in [0.25, 0.3) is 0 Å². The number of hydrogen-bond donors (Lipinski definition) is 1. The van der Waals surface area contributed by atoms with Crippen molar-refractivity contribution in [3.05, 3.63) is 0 Å². The third-order valence-electron chi connectivity index (χ3n) is 1.66. The standard InChI is InChI=1S/C6H14.C4H9.Li.H3N/c1-3-5-6-4-2;1-3-4-2;;/h3-6H2,1-2H3;1,3-4H2,2H3;;1H3. The van der Waals surface area contributed by atoms with E-state index in [2.05, 4.69) is 38.5 Å². The van der Waals surface area contributed by atoms with Crippen LogP contribution in [-0.2, 0) is 0 Å². The van der Waals surface area contributed by atoms with Crippen molar-refractivity contribution in [3.8, 4) is 0 Å². The van der Waals surface area contributed by atoms with Crippen molar-refractivity contribution in [2.45, 2.75) is 64.4 Å². The van der Waals surface area contributed by atoms with E-state index >= 15 is 0 Å². The van der Waals surface area contributed by atoms with Crippen LogP contribution in [-0.4, -0.2) is 17.7 Å². The van der Waals surface area contributed by atoms with Crippen LogP contribution in [0.2, 0.25) is 5.09 Å². The minimum absolute atomic E-state index is 0. The molecule has 0 spiro atoms. The first-order valence-electron chi connectivity index (χ1n) is 5.33. The van der Waals surface area contributed by atoms with Crippen LogP contribution in [0.5, 0.6) is 0 Å². The van der Waals surface area contributed by atoms with E-state index in [0.717, 1.165) is 0 Å². The summed E-state index contributed by atoms with van der Waals surface area (Å²) in [6.45, 7) is 6.68. The molecule has 0 aromatic rings. The van der Waals surface area contributed by atoms with Crippen LogP contribution in [0.25, 0.3) is 0 Å². The molecule has 12 heavy (non-hydrogen) atoms. The summed E-state index contributed by atoms with van der Waals surface area (Å²) in [4.78, 5) is 0. The molecule has 0 heterocycles. The summed E-state index contributed by atoms with van der Waals surface area (Å²) < 4.78 is 0. The normalized spacial score (nSPS) is 8.08. The molecule has 0 fully saturated rings. The molecular weight excluding hydrogens is 141 g/mol. The second-order valence-corrected chi connectivity index (χ2v) is 3.06. The maximum atomic E-state index is 2.23. The Kier molecular flexibility index (Phi) is 34.5. The zero-order valence-corrected chi connectivity index (χ0v) is 9.66. The Morgan fingerprint density at radius 3 is 1.17 bits per heavy atom. The van der Waals surface area contributed by atoms with Gasteiger partial charge in [-0.05, 0) is 0 Å². The fourth-order valence-electron chi connectivity index (χ4n) is 0.854. The number of rotatable bonds is 5. The molecule has 0 amide bonds. The molecule has 3 N–H and O–H groups in total. The first-order chi connectivity index (χ1) is 5.33.